The molecule has 0 unspecified atom stereocenters. The van der Waals surface area contributed by atoms with Gasteiger partial charge in [-0.15, -0.1) is 0 Å². The molecule has 6 aromatic carbocycles. The van der Waals surface area contributed by atoms with Gasteiger partial charge in [0.25, 0.3) is 5.91 Å². The number of carbonyl (C=O) groups is 1. The van der Waals surface area contributed by atoms with E-state index in [9.17, 15) is 4.79 Å². The zero-order chi connectivity index (χ0) is 30.7. The normalized spacial score (nSPS) is 14.1. The summed E-state index contributed by atoms with van der Waals surface area (Å²) in [6.45, 7) is 4.32. The Labute approximate surface area is 264 Å². The van der Waals surface area contributed by atoms with Crippen molar-refractivity contribution in [2.45, 2.75) is 19.3 Å². The zero-order valence-corrected chi connectivity index (χ0v) is 25.4. The van der Waals surface area contributed by atoms with Gasteiger partial charge in [0.05, 0.1) is 33.1 Å². The lowest BCUT2D eigenvalue weighted by atomic mass is 9.78. The number of fused-ring (bicyclic) bond motifs is 10. The topological polar surface area (TPSA) is 44.8 Å². The molecule has 4 heterocycles. The number of hydrogen-bond acceptors (Lipinski definition) is 2. The third-order valence-corrected chi connectivity index (χ3v) is 9.97. The van der Waals surface area contributed by atoms with E-state index in [1.54, 1.807) is 0 Å². The predicted octanol–water partition coefficient (Wildman–Crippen LogP) is 9.56. The molecule has 0 aliphatic carbocycles. The van der Waals surface area contributed by atoms with Gasteiger partial charge in [0.2, 0.25) is 0 Å². The van der Waals surface area contributed by atoms with Crippen molar-refractivity contribution >= 4 is 60.6 Å². The van der Waals surface area contributed by atoms with Crippen LogP contribution in [0.2, 0.25) is 0 Å². The Kier molecular flexibility index (Phi) is 4.87. The Bertz CT molecular complexity index is 2740. The Hall–Kier alpha value is -5.94. The van der Waals surface area contributed by atoms with E-state index >= 15 is 0 Å². The Morgan fingerprint density at radius 1 is 0.500 bits per heavy atom. The summed E-state index contributed by atoms with van der Waals surface area (Å²) in [6.07, 6.45) is 0. The molecule has 0 atom stereocenters. The van der Waals surface area contributed by atoms with Crippen LogP contribution in [0.3, 0.4) is 0 Å². The van der Waals surface area contributed by atoms with E-state index in [1.165, 1.54) is 21.8 Å². The van der Waals surface area contributed by atoms with Gasteiger partial charge in [0.1, 0.15) is 5.82 Å². The third kappa shape index (κ3) is 3.19. The van der Waals surface area contributed by atoms with Crippen LogP contribution in [0.4, 0.5) is 0 Å². The number of carbonyl (C=O) groups excluding carboxylic acids is 1. The summed E-state index contributed by atoms with van der Waals surface area (Å²) in [6, 6.07) is 46.8. The van der Waals surface area contributed by atoms with Crippen molar-refractivity contribution in [3.63, 3.8) is 0 Å². The molecule has 46 heavy (non-hydrogen) atoms. The fourth-order valence-electron chi connectivity index (χ4n) is 7.85. The van der Waals surface area contributed by atoms with Gasteiger partial charge in [-0.2, -0.15) is 0 Å². The molecule has 5 heteroatoms. The molecule has 0 saturated heterocycles. The first-order valence-electron chi connectivity index (χ1n) is 15.7. The molecular weight excluding hydrogens is 564 g/mol. The smallest absolute Gasteiger partial charge is 0.264 e. The van der Waals surface area contributed by atoms with Crippen molar-refractivity contribution in [2.75, 3.05) is 0 Å². The Morgan fingerprint density at radius 2 is 1.11 bits per heavy atom. The molecule has 218 valence electrons. The average molecular weight is 593 g/mol. The second-order valence-electron chi connectivity index (χ2n) is 12.8. The molecule has 1 aliphatic heterocycles. The van der Waals surface area contributed by atoms with E-state index in [0.717, 1.165) is 61.2 Å². The van der Waals surface area contributed by atoms with E-state index in [4.69, 9.17) is 4.98 Å². The van der Waals surface area contributed by atoms with Crippen molar-refractivity contribution in [1.82, 2.24) is 18.7 Å². The largest absolute Gasteiger partial charge is 0.309 e. The monoisotopic (exact) mass is 592 g/mol. The molecule has 0 bridgehead atoms. The van der Waals surface area contributed by atoms with Crippen LogP contribution < -0.4 is 0 Å². The fourth-order valence-corrected chi connectivity index (χ4v) is 7.85. The molecule has 0 fully saturated rings. The van der Waals surface area contributed by atoms with Crippen molar-refractivity contribution in [3.8, 4) is 11.4 Å². The van der Waals surface area contributed by atoms with E-state index < -0.39 is 5.41 Å². The number of benzene rings is 6. The Balaban J connectivity index is 1.26. The molecule has 3 aromatic heterocycles. The van der Waals surface area contributed by atoms with Gasteiger partial charge >= 0.3 is 0 Å². The minimum absolute atomic E-state index is 0.0178. The quantitative estimate of drug-likeness (QED) is 0.201. The molecule has 0 radical (unpaired) electrons. The molecule has 1 aliphatic rings. The molecule has 9 aromatic rings. The molecule has 0 N–H and O–H groups in total. The lowest BCUT2D eigenvalue weighted by molar-refractivity contribution is 0.0948. The van der Waals surface area contributed by atoms with Crippen molar-refractivity contribution < 1.29 is 4.79 Å². The van der Waals surface area contributed by atoms with Gasteiger partial charge in [-0.3, -0.25) is 9.36 Å². The van der Waals surface area contributed by atoms with Crippen LogP contribution >= 0.6 is 0 Å². The molecule has 0 saturated carbocycles. The first kappa shape index (κ1) is 25.4. The summed E-state index contributed by atoms with van der Waals surface area (Å²) in [7, 11) is 0. The van der Waals surface area contributed by atoms with Gasteiger partial charge in [-0.25, -0.2) is 4.98 Å². The summed E-state index contributed by atoms with van der Waals surface area (Å²) >= 11 is 0. The average Bonchev–Trinajstić information content (AvgIpc) is 3.74. The minimum Gasteiger partial charge on any atom is -0.309 e. The van der Waals surface area contributed by atoms with E-state index in [-0.39, 0.29) is 5.91 Å². The summed E-state index contributed by atoms with van der Waals surface area (Å²) < 4.78 is 6.53. The van der Waals surface area contributed by atoms with Gasteiger partial charge in [-0.1, -0.05) is 72.8 Å². The predicted molar refractivity (Wildman–Crippen MR) is 187 cm³/mol. The van der Waals surface area contributed by atoms with Crippen LogP contribution in [0.25, 0.3) is 66.0 Å². The maximum absolute atomic E-state index is 13.9. The van der Waals surface area contributed by atoms with Crippen LogP contribution in [-0.2, 0) is 5.41 Å². The van der Waals surface area contributed by atoms with Gasteiger partial charge in [0.15, 0.2) is 0 Å². The second-order valence-corrected chi connectivity index (χ2v) is 12.8. The molecule has 0 amide bonds. The van der Waals surface area contributed by atoms with E-state index in [0.29, 0.717) is 0 Å². The van der Waals surface area contributed by atoms with E-state index in [2.05, 4.69) is 138 Å². The number of rotatable bonds is 2. The van der Waals surface area contributed by atoms with Crippen molar-refractivity contribution in [3.05, 3.63) is 150 Å². The first-order valence-corrected chi connectivity index (χ1v) is 15.7. The van der Waals surface area contributed by atoms with Gasteiger partial charge in [-0.05, 0) is 80.1 Å². The molecule has 0 spiro atoms. The van der Waals surface area contributed by atoms with Crippen LogP contribution in [-0.4, -0.2) is 24.6 Å². The zero-order valence-electron chi connectivity index (χ0n) is 25.4. The van der Waals surface area contributed by atoms with Crippen molar-refractivity contribution in [1.29, 1.82) is 0 Å². The maximum Gasteiger partial charge on any atom is 0.264 e. The highest BCUT2D eigenvalue weighted by Gasteiger charge is 2.39. The van der Waals surface area contributed by atoms with E-state index in [1.807, 2.05) is 22.8 Å². The fraction of sp³-hybridized carbons (Fsp3) is 0.0732. The standard InChI is InChI=1S/C41H28N4O/c1-41(2)32-17-9-6-16-29(32)39(46)45-38-23-31-28-15-8-11-19-35(28)44(37(31)24-33(38)42-40(41)45)26-20-21-36-30(22-26)27-14-7-10-18-34(27)43(36)25-12-4-3-5-13-25/h3-24H,1-2H3. The van der Waals surface area contributed by atoms with Crippen LogP contribution in [0, 0.1) is 0 Å². The van der Waals surface area contributed by atoms with Gasteiger partial charge in [0, 0.05) is 43.9 Å². The number of hydrogen-bond donors (Lipinski definition) is 0. The summed E-state index contributed by atoms with van der Waals surface area (Å²) in [4.78, 5) is 19.1. The summed E-state index contributed by atoms with van der Waals surface area (Å²) in [5, 5.41) is 4.66. The van der Waals surface area contributed by atoms with Crippen LogP contribution in [0.15, 0.2) is 133 Å². The first-order chi connectivity index (χ1) is 22.5. The lowest BCUT2D eigenvalue weighted by Gasteiger charge is -2.31. The molecule has 10 rings (SSSR count). The third-order valence-electron chi connectivity index (χ3n) is 9.97. The van der Waals surface area contributed by atoms with Crippen molar-refractivity contribution in [2.24, 2.45) is 0 Å². The Morgan fingerprint density at radius 3 is 1.87 bits per heavy atom. The second kappa shape index (κ2) is 8.83. The summed E-state index contributed by atoms with van der Waals surface area (Å²) in [5.41, 5.74) is 9.78. The minimum atomic E-state index is -0.413. The molecule has 5 nitrogen and oxygen atoms in total. The van der Waals surface area contributed by atoms with Gasteiger partial charge < -0.3 is 9.13 Å². The highest BCUT2D eigenvalue weighted by Crippen LogP contribution is 2.42. The number of imidazole rings is 1. The SMILES string of the molecule is CC1(C)c2ccccc2C(=O)n2c1nc1cc3c(cc12)c1ccccc1n3-c1ccc2c(c1)c1ccccc1n2-c1ccccc1. The number of aromatic nitrogens is 4. The highest BCUT2D eigenvalue weighted by atomic mass is 16.2. The van der Waals surface area contributed by atoms with Crippen LogP contribution in [0.5, 0.6) is 0 Å². The maximum atomic E-state index is 13.9. The highest BCUT2D eigenvalue weighted by molar-refractivity contribution is 6.16. The number of nitrogens with zero attached hydrogens (tertiary/aromatic N) is 4. The lowest BCUT2D eigenvalue weighted by Crippen LogP contribution is -2.35. The van der Waals surface area contributed by atoms with Crippen LogP contribution in [0.1, 0.15) is 35.6 Å². The summed E-state index contributed by atoms with van der Waals surface area (Å²) in [5.74, 6) is 0.764. The number of para-hydroxylation sites is 3. The molecular formula is C41H28N4O.